The topological polar surface area (TPSA) is 91.5 Å². The van der Waals surface area contributed by atoms with Crippen LogP contribution in [0.4, 0.5) is 0 Å². The maximum Gasteiger partial charge on any atom is 0.361 e. The quantitative estimate of drug-likeness (QED) is 0.251. The molecule has 9 nitrogen and oxygen atoms in total. The van der Waals surface area contributed by atoms with Gasteiger partial charge in [0.15, 0.2) is 11.2 Å². The van der Waals surface area contributed by atoms with Crippen molar-refractivity contribution in [3.05, 3.63) is 101 Å². The summed E-state index contributed by atoms with van der Waals surface area (Å²) in [4.78, 5) is 33.6. The Kier molecular flexibility index (Phi) is 7.35. The van der Waals surface area contributed by atoms with E-state index in [0.29, 0.717) is 17.1 Å². The van der Waals surface area contributed by atoms with Gasteiger partial charge >= 0.3 is 5.97 Å². The minimum Gasteiger partial charge on any atom is -0.497 e. The molecule has 208 valence electrons. The van der Waals surface area contributed by atoms with Crippen molar-refractivity contribution in [3.8, 4) is 28.3 Å². The van der Waals surface area contributed by atoms with E-state index in [-0.39, 0.29) is 28.9 Å². The summed E-state index contributed by atoms with van der Waals surface area (Å²) < 4.78 is 13.4. The minimum atomic E-state index is -0.633. The molecule has 9 heteroatoms. The second-order valence-corrected chi connectivity index (χ2v) is 9.98. The molecule has 0 unspecified atom stereocenters. The first-order valence-electron chi connectivity index (χ1n) is 13.8. The molecule has 5 aromatic rings. The molecule has 0 amide bonds. The standard InChI is InChI=1S/C32H31N5O4/c1-3-41-32(39)29-28-30(37(34-29)25-14-16-26(40-2)17-15-25)31(38)36(21-33-28)24-12-10-22(11-13-24)27-9-5-4-8-23(27)20-35-18-6-7-19-35/h4-5,8-17,21H,3,6-7,18-20H2,1-2H3. The maximum atomic E-state index is 13.9. The van der Waals surface area contributed by atoms with E-state index in [2.05, 4.69) is 39.2 Å². The number of ether oxygens (including phenoxy) is 2. The molecule has 0 N–H and O–H groups in total. The number of methoxy groups -OCH3 is 1. The summed E-state index contributed by atoms with van der Waals surface area (Å²) in [6.07, 6.45) is 3.94. The number of likely N-dealkylation sites (tertiary alicyclic amines) is 1. The Morgan fingerprint density at radius 1 is 0.927 bits per heavy atom. The number of hydrogen-bond acceptors (Lipinski definition) is 7. The maximum absolute atomic E-state index is 13.9. The van der Waals surface area contributed by atoms with Gasteiger partial charge in [-0.3, -0.25) is 14.3 Å². The molecule has 1 aliphatic rings. The van der Waals surface area contributed by atoms with Crippen LogP contribution in [0.15, 0.2) is 83.9 Å². The largest absolute Gasteiger partial charge is 0.497 e. The Bertz CT molecular complexity index is 1750. The highest BCUT2D eigenvalue weighted by Crippen LogP contribution is 2.27. The van der Waals surface area contributed by atoms with E-state index >= 15 is 0 Å². The third-order valence-electron chi connectivity index (χ3n) is 7.44. The van der Waals surface area contributed by atoms with Crippen molar-refractivity contribution in [3.63, 3.8) is 0 Å². The van der Waals surface area contributed by atoms with Gasteiger partial charge in [0.1, 0.15) is 17.6 Å². The molecule has 0 atom stereocenters. The molecule has 0 radical (unpaired) electrons. The van der Waals surface area contributed by atoms with Gasteiger partial charge in [-0.1, -0.05) is 36.4 Å². The Hall–Kier alpha value is -4.76. The summed E-state index contributed by atoms with van der Waals surface area (Å²) in [5.41, 5.74) is 4.81. The van der Waals surface area contributed by atoms with Crippen molar-refractivity contribution in [2.45, 2.75) is 26.3 Å². The smallest absolute Gasteiger partial charge is 0.361 e. The van der Waals surface area contributed by atoms with Crippen molar-refractivity contribution in [1.29, 1.82) is 0 Å². The monoisotopic (exact) mass is 549 g/mol. The molecular weight excluding hydrogens is 518 g/mol. The van der Waals surface area contributed by atoms with E-state index in [1.165, 1.54) is 39.5 Å². The predicted octanol–water partition coefficient (Wildman–Crippen LogP) is 5.02. The number of benzene rings is 3. The highest BCUT2D eigenvalue weighted by Gasteiger charge is 2.24. The lowest BCUT2D eigenvalue weighted by atomic mass is 9.99. The summed E-state index contributed by atoms with van der Waals surface area (Å²) in [6, 6.07) is 23.4. The van der Waals surface area contributed by atoms with Crippen LogP contribution in [0.2, 0.25) is 0 Å². The number of aromatic nitrogens is 4. The summed E-state index contributed by atoms with van der Waals surface area (Å²) in [7, 11) is 1.58. The molecule has 6 rings (SSSR count). The second-order valence-electron chi connectivity index (χ2n) is 9.98. The van der Waals surface area contributed by atoms with Crippen LogP contribution in [0.25, 0.3) is 33.5 Å². The van der Waals surface area contributed by atoms with Gasteiger partial charge in [-0.05, 0) is 85.9 Å². The van der Waals surface area contributed by atoms with Crippen LogP contribution in [0.5, 0.6) is 5.75 Å². The highest BCUT2D eigenvalue weighted by atomic mass is 16.5. The van der Waals surface area contributed by atoms with Crippen LogP contribution >= 0.6 is 0 Å². The summed E-state index contributed by atoms with van der Waals surface area (Å²) >= 11 is 0. The van der Waals surface area contributed by atoms with Gasteiger partial charge in [0, 0.05) is 6.54 Å². The van der Waals surface area contributed by atoms with E-state index in [9.17, 15) is 9.59 Å². The highest BCUT2D eigenvalue weighted by molar-refractivity contribution is 6.00. The van der Waals surface area contributed by atoms with Gasteiger partial charge in [0.25, 0.3) is 5.56 Å². The Labute approximate surface area is 237 Å². The van der Waals surface area contributed by atoms with Crippen molar-refractivity contribution >= 4 is 17.0 Å². The first kappa shape index (κ1) is 26.5. The van der Waals surface area contributed by atoms with E-state index < -0.39 is 5.97 Å². The molecular formula is C32H31N5O4. The van der Waals surface area contributed by atoms with Crippen LogP contribution < -0.4 is 10.3 Å². The van der Waals surface area contributed by atoms with Crippen molar-refractivity contribution in [2.75, 3.05) is 26.8 Å². The molecule has 0 aliphatic carbocycles. The zero-order chi connectivity index (χ0) is 28.3. The molecule has 1 saturated heterocycles. The number of carbonyl (C=O) groups excluding carboxylic acids is 1. The van der Waals surface area contributed by atoms with Crippen LogP contribution in [0.3, 0.4) is 0 Å². The Morgan fingerprint density at radius 2 is 1.63 bits per heavy atom. The van der Waals surface area contributed by atoms with Gasteiger partial charge in [-0.15, -0.1) is 0 Å². The fourth-order valence-corrected chi connectivity index (χ4v) is 5.36. The fraction of sp³-hybridized carbons (Fsp3) is 0.250. The second kappa shape index (κ2) is 11.4. The van der Waals surface area contributed by atoms with Crippen LogP contribution in [-0.4, -0.2) is 57.0 Å². The normalized spacial score (nSPS) is 13.5. The Morgan fingerprint density at radius 3 is 2.34 bits per heavy atom. The molecule has 3 aromatic carbocycles. The van der Waals surface area contributed by atoms with E-state index in [0.717, 1.165) is 25.2 Å². The van der Waals surface area contributed by atoms with Crippen molar-refractivity contribution in [2.24, 2.45) is 0 Å². The predicted molar refractivity (Wildman–Crippen MR) is 157 cm³/mol. The molecule has 1 fully saturated rings. The number of esters is 1. The summed E-state index contributed by atoms with van der Waals surface area (Å²) in [5.74, 6) is 0.0276. The van der Waals surface area contributed by atoms with E-state index in [4.69, 9.17) is 9.47 Å². The first-order valence-corrected chi connectivity index (χ1v) is 13.8. The average molecular weight is 550 g/mol. The van der Waals surface area contributed by atoms with Gasteiger partial charge < -0.3 is 9.47 Å². The number of rotatable bonds is 8. The van der Waals surface area contributed by atoms with E-state index in [1.807, 2.05) is 24.3 Å². The SMILES string of the molecule is CCOC(=O)c1nn(-c2ccc(OC)cc2)c2c(=O)n(-c3ccc(-c4ccccc4CN4CCCC4)cc3)cnc12. The molecule has 2 aromatic heterocycles. The van der Waals surface area contributed by atoms with Crippen LogP contribution in [0, 0.1) is 0 Å². The fourth-order valence-electron chi connectivity index (χ4n) is 5.36. The number of fused-ring (bicyclic) bond motifs is 1. The zero-order valence-corrected chi connectivity index (χ0v) is 23.1. The zero-order valence-electron chi connectivity index (χ0n) is 23.1. The molecule has 0 spiro atoms. The third kappa shape index (κ3) is 5.12. The summed E-state index contributed by atoms with van der Waals surface area (Å²) in [5, 5.41) is 4.46. The lowest BCUT2D eigenvalue weighted by molar-refractivity contribution is 0.0521. The number of hydrogen-bond donors (Lipinski definition) is 0. The Balaban J connectivity index is 1.41. The number of nitrogens with zero attached hydrogens (tertiary/aromatic N) is 5. The summed E-state index contributed by atoms with van der Waals surface area (Å²) in [6.45, 7) is 5.10. The lowest BCUT2D eigenvalue weighted by Crippen LogP contribution is -2.21. The van der Waals surface area contributed by atoms with Gasteiger partial charge in [0.2, 0.25) is 0 Å². The van der Waals surface area contributed by atoms with Gasteiger partial charge in [-0.2, -0.15) is 5.10 Å². The van der Waals surface area contributed by atoms with Crippen molar-refractivity contribution < 1.29 is 14.3 Å². The molecule has 1 aliphatic heterocycles. The molecule has 3 heterocycles. The van der Waals surface area contributed by atoms with Crippen molar-refractivity contribution in [1.82, 2.24) is 24.2 Å². The van der Waals surface area contributed by atoms with Gasteiger partial charge in [-0.25, -0.2) is 14.5 Å². The molecule has 41 heavy (non-hydrogen) atoms. The molecule has 0 saturated carbocycles. The van der Waals surface area contributed by atoms with E-state index in [1.54, 1.807) is 38.3 Å². The van der Waals surface area contributed by atoms with Gasteiger partial charge in [0.05, 0.1) is 25.1 Å². The van der Waals surface area contributed by atoms with Crippen LogP contribution in [0.1, 0.15) is 35.8 Å². The number of carbonyl (C=O) groups is 1. The lowest BCUT2D eigenvalue weighted by Gasteiger charge is -2.18. The third-order valence-corrected chi connectivity index (χ3v) is 7.44. The minimum absolute atomic E-state index is 0.00752. The average Bonchev–Trinajstić information content (AvgIpc) is 3.67. The van der Waals surface area contributed by atoms with Crippen LogP contribution in [-0.2, 0) is 11.3 Å². The first-order chi connectivity index (χ1) is 20.1. The molecule has 0 bridgehead atoms.